The van der Waals surface area contributed by atoms with Gasteiger partial charge in [-0.25, -0.2) is 0 Å². The molecule has 0 fully saturated rings. The van der Waals surface area contributed by atoms with Crippen molar-refractivity contribution in [2.75, 3.05) is 6.61 Å². The van der Waals surface area contributed by atoms with E-state index in [0.29, 0.717) is 0 Å². The highest BCUT2D eigenvalue weighted by Gasteiger charge is 2.29. The highest BCUT2D eigenvalue weighted by atomic mass is 16.3. The summed E-state index contributed by atoms with van der Waals surface area (Å²) in [5.74, 6) is 13.2. The van der Waals surface area contributed by atoms with Gasteiger partial charge in [-0.05, 0) is 49.8 Å². The smallest absolute Gasteiger partial charge is 0.0799 e. The maximum Gasteiger partial charge on any atom is 0.0799 e. The highest BCUT2D eigenvalue weighted by molar-refractivity contribution is 5.55. The minimum atomic E-state index is -0.561. The number of aliphatic hydroxyl groups is 1. The maximum absolute atomic E-state index is 9.83. The van der Waals surface area contributed by atoms with Gasteiger partial charge in [0.05, 0.1) is 12.0 Å². The van der Waals surface area contributed by atoms with E-state index in [2.05, 4.69) is 43.3 Å². The van der Waals surface area contributed by atoms with Crippen LogP contribution in [0.4, 0.5) is 0 Å². The van der Waals surface area contributed by atoms with Crippen molar-refractivity contribution in [3.63, 3.8) is 0 Å². The van der Waals surface area contributed by atoms with Crippen LogP contribution in [0.25, 0.3) is 0 Å². The molecule has 2 unspecified atom stereocenters. The van der Waals surface area contributed by atoms with Crippen molar-refractivity contribution < 1.29 is 5.11 Å². The van der Waals surface area contributed by atoms with Gasteiger partial charge in [-0.3, -0.25) is 0 Å². The Morgan fingerprint density at radius 3 is 2.07 bits per heavy atom. The van der Waals surface area contributed by atoms with E-state index >= 15 is 0 Å². The standard InChI is InChI=1S/C27H24O/c1-21-18-25(15-14-23-10-6-4-7-11-23)27(3,19-22(2)26(21)20-28)17-16-24-12-8-5-9-13-24/h4-13,18-19,26,28H,1,20H2,2-3H3. The van der Waals surface area contributed by atoms with Crippen molar-refractivity contribution in [1.82, 2.24) is 0 Å². The van der Waals surface area contributed by atoms with Crippen molar-refractivity contribution in [2.24, 2.45) is 11.3 Å². The molecule has 0 saturated heterocycles. The van der Waals surface area contributed by atoms with E-state index in [1.165, 1.54) is 0 Å². The first-order valence-electron chi connectivity index (χ1n) is 9.38. The van der Waals surface area contributed by atoms with E-state index in [1.54, 1.807) is 0 Å². The van der Waals surface area contributed by atoms with Crippen molar-refractivity contribution in [3.05, 3.63) is 107 Å². The molecule has 1 aliphatic carbocycles. The van der Waals surface area contributed by atoms with Crippen LogP contribution in [-0.4, -0.2) is 11.7 Å². The number of rotatable bonds is 1. The zero-order valence-electron chi connectivity index (χ0n) is 16.4. The molecule has 0 heterocycles. The molecule has 0 saturated carbocycles. The first-order chi connectivity index (χ1) is 13.5. The molecule has 0 aliphatic heterocycles. The zero-order valence-corrected chi connectivity index (χ0v) is 16.4. The second kappa shape index (κ2) is 8.62. The molecular formula is C27H24O. The number of benzene rings is 2. The summed E-state index contributed by atoms with van der Waals surface area (Å²) in [7, 11) is 0. The topological polar surface area (TPSA) is 20.2 Å². The van der Waals surface area contributed by atoms with Crippen LogP contribution in [0.5, 0.6) is 0 Å². The molecule has 28 heavy (non-hydrogen) atoms. The fourth-order valence-corrected chi connectivity index (χ4v) is 3.28. The fourth-order valence-electron chi connectivity index (χ4n) is 3.28. The summed E-state index contributed by atoms with van der Waals surface area (Å²) in [5, 5.41) is 9.83. The number of aliphatic hydroxyl groups excluding tert-OH is 1. The Balaban J connectivity index is 2.10. The van der Waals surface area contributed by atoms with Crippen LogP contribution < -0.4 is 0 Å². The minimum Gasteiger partial charge on any atom is -0.395 e. The summed E-state index contributed by atoms with van der Waals surface area (Å²) in [6.07, 6.45) is 4.11. The normalized spacial score (nSPS) is 21.2. The summed E-state index contributed by atoms with van der Waals surface area (Å²) >= 11 is 0. The van der Waals surface area contributed by atoms with Gasteiger partial charge in [-0.1, -0.05) is 78.3 Å². The Bertz CT molecular complexity index is 1030. The molecule has 0 aromatic heterocycles. The first kappa shape index (κ1) is 19.5. The third-order valence-corrected chi connectivity index (χ3v) is 4.94. The van der Waals surface area contributed by atoms with Gasteiger partial charge in [0.1, 0.15) is 0 Å². The second-order valence-corrected chi connectivity index (χ2v) is 7.19. The predicted molar refractivity (Wildman–Crippen MR) is 116 cm³/mol. The first-order valence-corrected chi connectivity index (χ1v) is 9.38. The average Bonchev–Trinajstić information content (AvgIpc) is 2.80. The fraction of sp³-hybridized carbons (Fsp3) is 0.185. The lowest BCUT2D eigenvalue weighted by atomic mass is 9.81. The van der Waals surface area contributed by atoms with Crippen LogP contribution >= 0.6 is 0 Å². The van der Waals surface area contributed by atoms with Crippen LogP contribution in [0.15, 0.2) is 96.1 Å². The second-order valence-electron chi connectivity index (χ2n) is 7.19. The van der Waals surface area contributed by atoms with Gasteiger partial charge < -0.3 is 5.11 Å². The Hall–Kier alpha value is -3.26. The minimum absolute atomic E-state index is 0.0270. The Labute approximate surface area is 168 Å². The van der Waals surface area contributed by atoms with Crippen molar-refractivity contribution >= 4 is 0 Å². The zero-order chi connectivity index (χ0) is 20.0. The van der Waals surface area contributed by atoms with Crippen molar-refractivity contribution in [1.29, 1.82) is 0 Å². The molecule has 0 bridgehead atoms. The summed E-state index contributed by atoms with van der Waals surface area (Å²) in [5.41, 5.74) is 4.17. The lowest BCUT2D eigenvalue weighted by Gasteiger charge is -2.20. The van der Waals surface area contributed by atoms with Gasteiger partial charge in [0.2, 0.25) is 0 Å². The van der Waals surface area contributed by atoms with E-state index in [4.69, 9.17) is 0 Å². The molecule has 1 nitrogen and oxygen atoms in total. The number of allylic oxidation sites excluding steroid dienone is 3. The molecule has 2 aromatic carbocycles. The van der Waals surface area contributed by atoms with Gasteiger partial charge in [-0.15, -0.1) is 0 Å². The molecule has 1 heteroatoms. The van der Waals surface area contributed by atoms with Crippen LogP contribution in [-0.2, 0) is 0 Å². The van der Waals surface area contributed by atoms with Crippen LogP contribution in [0.3, 0.4) is 0 Å². The number of hydrogen-bond donors (Lipinski definition) is 1. The quantitative estimate of drug-likeness (QED) is 0.548. The van der Waals surface area contributed by atoms with E-state index in [1.807, 2.05) is 73.7 Å². The lowest BCUT2D eigenvalue weighted by molar-refractivity contribution is 0.265. The van der Waals surface area contributed by atoms with E-state index in [0.717, 1.165) is 27.8 Å². The summed E-state index contributed by atoms with van der Waals surface area (Å²) in [6, 6.07) is 19.9. The SMILES string of the molecule is C=C1C=C(C#Cc2ccccc2)C(C)(C#Cc2ccccc2)C=C(C)C1CO. The van der Waals surface area contributed by atoms with Gasteiger partial charge in [-0.2, -0.15) is 0 Å². The van der Waals surface area contributed by atoms with Gasteiger partial charge in [0, 0.05) is 22.6 Å². The van der Waals surface area contributed by atoms with Crippen molar-refractivity contribution in [3.8, 4) is 23.7 Å². The van der Waals surface area contributed by atoms with Gasteiger partial charge in [0.15, 0.2) is 0 Å². The molecule has 1 aliphatic rings. The summed E-state index contributed by atoms with van der Waals surface area (Å²) in [6.45, 7) is 8.30. The third kappa shape index (κ3) is 4.52. The van der Waals surface area contributed by atoms with Gasteiger partial charge in [0.25, 0.3) is 0 Å². The summed E-state index contributed by atoms with van der Waals surface area (Å²) < 4.78 is 0. The van der Waals surface area contributed by atoms with E-state index in [9.17, 15) is 5.11 Å². The molecule has 0 amide bonds. The maximum atomic E-state index is 9.83. The molecule has 0 spiro atoms. The Kier molecular flexibility index (Phi) is 6.00. The van der Waals surface area contributed by atoms with Crippen LogP contribution in [0.2, 0.25) is 0 Å². The largest absolute Gasteiger partial charge is 0.395 e. The molecule has 0 radical (unpaired) electrons. The van der Waals surface area contributed by atoms with Gasteiger partial charge >= 0.3 is 0 Å². The molecule has 138 valence electrons. The molecule has 1 N–H and O–H groups in total. The average molecular weight is 364 g/mol. The third-order valence-electron chi connectivity index (χ3n) is 4.94. The molecule has 2 aromatic rings. The van der Waals surface area contributed by atoms with E-state index < -0.39 is 5.41 Å². The Morgan fingerprint density at radius 1 is 0.929 bits per heavy atom. The highest BCUT2D eigenvalue weighted by Crippen LogP contribution is 2.37. The lowest BCUT2D eigenvalue weighted by Crippen LogP contribution is -2.14. The monoisotopic (exact) mass is 364 g/mol. The van der Waals surface area contributed by atoms with Crippen LogP contribution in [0.1, 0.15) is 25.0 Å². The Morgan fingerprint density at radius 2 is 1.50 bits per heavy atom. The number of hydrogen-bond acceptors (Lipinski definition) is 1. The van der Waals surface area contributed by atoms with E-state index in [-0.39, 0.29) is 12.5 Å². The van der Waals surface area contributed by atoms with Crippen molar-refractivity contribution in [2.45, 2.75) is 13.8 Å². The summed E-state index contributed by atoms with van der Waals surface area (Å²) in [4.78, 5) is 0. The molecule has 3 rings (SSSR count). The molecule has 2 atom stereocenters. The molecular weight excluding hydrogens is 340 g/mol. The predicted octanol–water partition coefficient (Wildman–Crippen LogP) is 5.15. The van der Waals surface area contributed by atoms with Crippen LogP contribution in [0, 0.1) is 35.0 Å².